The van der Waals surface area contributed by atoms with Crippen LogP contribution in [0.1, 0.15) is 52.0 Å². The lowest BCUT2D eigenvalue weighted by molar-refractivity contribution is 0.354. The Kier molecular flexibility index (Phi) is 8.97. The van der Waals surface area contributed by atoms with Gasteiger partial charge in [-0.3, -0.25) is 0 Å². The van der Waals surface area contributed by atoms with Gasteiger partial charge in [-0.2, -0.15) is 0 Å². The molecule has 0 aliphatic heterocycles. The standard InChI is InChI=1S/C18H30ClN/c1-4-7-15(3)11-17(14-20-10-5-2)12-16-8-6-9-18(19)13-16/h6,8-9,13,15,17,20H,4-5,7,10-12,14H2,1-3H3. The van der Waals surface area contributed by atoms with Crippen LogP contribution >= 0.6 is 11.6 Å². The number of benzene rings is 1. The quantitative estimate of drug-likeness (QED) is 0.576. The highest BCUT2D eigenvalue weighted by molar-refractivity contribution is 6.30. The second kappa shape index (κ2) is 10.2. The summed E-state index contributed by atoms with van der Waals surface area (Å²) in [6.45, 7) is 9.12. The summed E-state index contributed by atoms with van der Waals surface area (Å²) in [5.74, 6) is 1.52. The Morgan fingerprint density at radius 1 is 1.20 bits per heavy atom. The molecule has 1 rings (SSSR count). The summed E-state index contributed by atoms with van der Waals surface area (Å²) < 4.78 is 0. The largest absolute Gasteiger partial charge is 0.316 e. The van der Waals surface area contributed by atoms with Gasteiger partial charge in [-0.1, -0.05) is 57.3 Å². The molecule has 114 valence electrons. The van der Waals surface area contributed by atoms with Crippen LogP contribution < -0.4 is 5.32 Å². The normalized spacial score (nSPS) is 14.2. The van der Waals surface area contributed by atoms with Gasteiger partial charge < -0.3 is 5.32 Å². The van der Waals surface area contributed by atoms with Crippen LogP contribution in [0.2, 0.25) is 5.02 Å². The topological polar surface area (TPSA) is 12.0 Å². The zero-order chi connectivity index (χ0) is 14.8. The van der Waals surface area contributed by atoms with Crippen LogP contribution in [0.15, 0.2) is 24.3 Å². The minimum absolute atomic E-state index is 0.710. The van der Waals surface area contributed by atoms with Crippen LogP contribution in [0.3, 0.4) is 0 Å². The van der Waals surface area contributed by atoms with Gasteiger partial charge in [0.05, 0.1) is 0 Å². The molecule has 0 spiro atoms. The summed E-state index contributed by atoms with van der Waals surface area (Å²) in [4.78, 5) is 0. The number of halogens is 1. The van der Waals surface area contributed by atoms with Gasteiger partial charge in [0.2, 0.25) is 0 Å². The summed E-state index contributed by atoms with van der Waals surface area (Å²) in [5.41, 5.74) is 1.37. The molecular formula is C18H30ClN. The van der Waals surface area contributed by atoms with E-state index in [0.717, 1.165) is 30.5 Å². The molecular weight excluding hydrogens is 266 g/mol. The highest BCUT2D eigenvalue weighted by atomic mass is 35.5. The van der Waals surface area contributed by atoms with E-state index < -0.39 is 0 Å². The van der Waals surface area contributed by atoms with E-state index >= 15 is 0 Å². The van der Waals surface area contributed by atoms with Gasteiger partial charge in [0.15, 0.2) is 0 Å². The first-order chi connectivity index (χ1) is 9.65. The molecule has 0 heterocycles. The highest BCUT2D eigenvalue weighted by Gasteiger charge is 2.13. The lowest BCUT2D eigenvalue weighted by Crippen LogP contribution is -2.26. The molecule has 0 saturated heterocycles. The number of rotatable bonds is 10. The van der Waals surface area contributed by atoms with Gasteiger partial charge in [-0.15, -0.1) is 0 Å². The van der Waals surface area contributed by atoms with E-state index in [2.05, 4.69) is 44.3 Å². The molecule has 1 nitrogen and oxygen atoms in total. The maximum Gasteiger partial charge on any atom is 0.0408 e. The Labute approximate surface area is 130 Å². The summed E-state index contributed by atoms with van der Waals surface area (Å²) in [6, 6.07) is 8.32. The van der Waals surface area contributed by atoms with Crippen molar-refractivity contribution in [3.8, 4) is 0 Å². The monoisotopic (exact) mass is 295 g/mol. The first kappa shape index (κ1) is 17.5. The summed E-state index contributed by atoms with van der Waals surface area (Å²) in [5, 5.41) is 4.44. The predicted molar refractivity (Wildman–Crippen MR) is 90.5 cm³/mol. The first-order valence-corrected chi connectivity index (χ1v) is 8.48. The smallest absolute Gasteiger partial charge is 0.0408 e. The molecule has 0 aromatic heterocycles. The molecule has 1 aromatic carbocycles. The van der Waals surface area contributed by atoms with Gasteiger partial charge in [0.1, 0.15) is 0 Å². The third-order valence-electron chi connectivity index (χ3n) is 3.79. The number of hydrogen-bond donors (Lipinski definition) is 1. The van der Waals surface area contributed by atoms with Crippen LogP contribution in [0.25, 0.3) is 0 Å². The summed E-state index contributed by atoms with van der Waals surface area (Å²) in [6.07, 6.45) is 6.25. The lowest BCUT2D eigenvalue weighted by atomic mass is 9.88. The van der Waals surface area contributed by atoms with Crippen molar-refractivity contribution in [3.63, 3.8) is 0 Å². The Hall–Kier alpha value is -0.530. The van der Waals surface area contributed by atoms with Crippen LogP contribution in [0.5, 0.6) is 0 Å². The van der Waals surface area contributed by atoms with Gasteiger partial charge >= 0.3 is 0 Å². The van der Waals surface area contributed by atoms with Crippen molar-refractivity contribution in [2.45, 2.75) is 52.9 Å². The van der Waals surface area contributed by atoms with Crippen molar-refractivity contribution in [1.29, 1.82) is 0 Å². The first-order valence-electron chi connectivity index (χ1n) is 8.10. The Balaban J connectivity index is 2.56. The van der Waals surface area contributed by atoms with Crippen molar-refractivity contribution in [3.05, 3.63) is 34.9 Å². The zero-order valence-corrected chi connectivity index (χ0v) is 14.0. The minimum atomic E-state index is 0.710. The van der Waals surface area contributed by atoms with E-state index in [1.807, 2.05) is 6.07 Å². The fraction of sp³-hybridized carbons (Fsp3) is 0.667. The molecule has 2 heteroatoms. The van der Waals surface area contributed by atoms with E-state index in [1.165, 1.54) is 31.2 Å². The van der Waals surface area contributed by atoms with Crippen molar-refractivity contribution >= 4 is 11.6 Å². The van der Waals surface area contributed by atoms with Crippen molar-refractivity contribution in [2.75, 3.05) is 13.1 Å². The molecule has 0 saturated carbocycles. The Morgan fingerprint density at radius 3 is 2.65 bits per heavy atom. The Morgan fingerprint density at radius 2 is 2.00 bits per heavy atom. The minimum Gasteiger partial charge on any atom is -0.316 e. The predicted octanol–water partition coefficient (Wildman–Crippen LogP) is 5.32. The van der Waals surface area contributed by atoms with Gasteiger partial charge in [-0.05, 0) is 61.9 Å². The SMILES string of the molecule is CCCNCC(Cc1cccc(Cl)c1)CC(C)CCC. The molecule has 0 aliphatic rings. The molecule has 2 atom stereocenters. The maximum atomic E-state index is 6.09. The third kappa shape index (κ3) is 7.31. The fourth-order valence-corrected chi connectivity index (χ4v) is 3.11. The molecule has 0 aliphatic carbocycles. The average Bonchev–Trinajstić information content (AvgIpc) is 2.39. The molecule has 0 radical (unpaired) electrons. The fourth-order valence-electron chi connectivity index (χ4n) is 2.90. The van der Waals surface area contributed by atoms with Crippen LogP contribution in [-0.4, -0.2) is 13.1 Å². The van der Waals surface area contributed by atoms with Crippen LogP contribution in [0.4, 0.5) is 0 Å². The molecule has 0 bridgehead atoms. The molecule has 0 fully saturated rings. The highest BCUT2D eigenvalue weighted by Crippen LogP contribution is 2.21. The van der Waals surface area contributed by atoms with Crippen LogP contribution in [-0.2, 0) is 6.42 Å². The van der Waals surface area contributed by atoms with Gasteiger partial charge in [0.25, 0.3) is 0 Å². The molecule has 20 heavy (non-hydrogen) atoms. The van der Waals surface area contributed by atoms with Crippen LogP contribution in [0, 0.1) is 11.8 Å². The van der Waals surface area contributed by atoms with Gasteiger partial charge in [-0.25, -0.2) is 0 Å². The Bertz CT molecular complexity index is 364. The van der Waals surface area contributed by atoms with Crippen molar-refractivity contribution in [2.24, 2.45) is 11.8 Å². The third-order valence-corrected chi connectivity index (χ3v) is 4.03. The molecule has 1 aromatic rings. The lowest BCUT2D eigenvalue weighted by Gasteiger charge is -2.21. The van der Waals surface area contributed by atoms with E-state index in [4.69, 9.17) is 11.6 Å². The molecule has 0 amide bonds. The zero-order valence-electron chi connectivity index (χ0n) is 13.3. The van der Waals surface area contributed by atoms with E-state index in [9.17, 15) is 0 Å². The van der Waals surface area contributed by atoms with E-state index in [0.29, 0.717) is 5.92 Å². The second-order valence-corrected chi connectivity index (χ2v) is 6.47. The number of hydrogen-bond acceptors (Lipinski definition) is 1. The maximum absolute atomic E-state index is 6.09. The van der Waals surface area contributed by atoms with Crippen molar-refractivity contribution in [1.82, 2.24) is 5.32 Å². The van der Waals surface area contributed by atoms with Gasteiger partial charge in [0, 0.05) is 5.02 Å². The van der Waals surface area contributed by atoms with E-state index in [-0.39, 0.29) is 0 Å². The number of nitrogens with one attached hydrogen (secondary N) is 1. The second-order valence-electron chi connectivity index (χ2n) is 6.03. The summed E-state index contributed by atoms with van der Waals surface area (Å²) in [7, 11) is 0. The molecule has 2 unspecified atom stereocenters. The molecule has 1 N–H and O–H groups in total. The average molecular weight is 296 g/mol. The summed E-state index contributed by atoms with van der Waals surface area (Å²) >= 11 is 6.09. The van der Waals surface area contributed by atoms with E-state index in [1.54, 1.807) is 0 Å². The van der Waals surface area contributed by atoms with Crippen molar-refractivity contribution < 1.29 is 0 Å².